The molecule has 1 aliphatic heterocycles. The van der Waals surface area contributed by atoms with Gasteiger partial charge in [-0.15, -0.1) is 0 Å². The first-order valence-electron chi connectivity index (χ1n) is 4.69. The van der Waals surface area contributed by atoms with Gasteiger partial charge >= 0.3 is 0 Å². The summed E-state index contributed by atoms with van der Waals surface area (Å²) in [5, 5.41) is 20.0. The minimum atomic E-state index is 0.665. The van der Waals surface area contributed by atoms with Crippen molar-refractivity contribution < 1.29 is 0 Å². The Balaban J connectivity index is 2.25. The number of hydrogen-bond donors (Lipinski definition) is 2. The molecule has 2 N–H and O–H groups in total. The van der Waals surface area contributed by atoms with Gasteiger partial charge in [-0.1, -0.05) is 0 Å². The van der Waals surface area contributed by atoms with Crippen LogP contribution in [0.3, 0.4) is 0 Å². The van der Waals surface area contributed by atoms with Gasteiger partial charge in [-0.3, -0.25) is 5.10 Å². The zero-order valence-electron chi connectivity index (χ0n) is 7.91. The molecule has 0 atom stereocenters. The SMILES string of the molecule is N#CC1=CNc2ccc3cn[nH]c3c2C1. The van der Waals surface area contributed by atoms with E-state index in [2.05, 4.69) is 21.6 Å². The topological polar surface area (TPSA) is 64.5 Å². The lowest BCUT2D eigenvalue weighted by atomic mass is 9.99. The number of aromatic nitrogens is 2. The van der Waals surface area contributed by atoms with Crippen molar-refractivity contribution in [1.29, 1.82) is 5.26 Å². The highest BCUT2D eigenvalue weighted by Crippen LogP contribution is 2.29. The normalized spacial score (nSPS) is 13.9. The number of nitrogens with zero attached hydrogens (tertiary/aromatic N) is 2. The fourth-order valence-corrected chi connectivity index (χ4v) is 1.87. The van der Waals surface area contributed by atoms with E-state index < -0.39 is 0 Å². The van der Waals surface area contributed by atoms with Gasteiger partial charge in [-0.25, -0.2) is 0 Å². The predicted molar refractivity (Wildman–Crippen MR) is 57.1 cm³/mol. The van der Waals surface area contributed by atoms with Crippen LogP contribution in [0.15, 0.2) is 30.1 Å². The number of benzene rings is 1. The van der Waals surface area contributed by atoms with Crippen molar-refractivity contribution in [3.8, 4) is 6.07 Å². The smallest absolute Gasteiger partial charge is 0.0965 e. The summed E-state index contributed by atoms with van der Waals surface area (Å²) in [5.74, 6) is 0. The van der Waals surface area contributed by atoms with Crippen LogP contribution in [0.4, 0.5) is 5.69 Å². The maximum Gasteiger partial charge on any atom is 0.0965 e. The quantitative estimate of drug-likeness (QED) is 0.676. The first-order valence-corrected chi connectivity index (χ1v) is 4.69. The van der Waals surface area contributed by atoms with Crippen LogP contribution in [-0.2, 0) is 6.42 Å². The Morgan fingerprint density at radius 3 is 3.20 bits per heavy atom. The molecule has 72 valence electrons. The van der Waals surface area contributed by atoms with Crippen molar-refractivity contribution >= 4 is 16.6 Å². The molecule has 4 heteroatoms. The summed E-state index contributed by atoms with van der Waals surface area (Å²) < 4.78 is 0. The van der Waals surface area contributed by atoms with Crippen molar-refractivity contribution in [2.24, 2.45) is 0 Å². The Bertz CT molecular complexity index is 601. The second-order valence-electron chi connectivity index (χ2n) is 3.53. The van der Waals surface area contributed by atoms with Crippen LogP contribution in [0.25, 0.3) is 10.9 Å². The van der Waals surface area contributed by atoms with E-state index in [0.29, 0.717) is 6.42 Å². The van der Waals surface area contributed by atoms with Crippen LogP contribution < -0.4 is 5.32 Å². The Labute approximate surface area is 86.2 Å². The average Bonchev–Trinajstić information content (AvgIpc) is 2.76. The minimum Gasteiger partial charge on any atom is -0.360 e. The number of hydrogen-bond acceptors (Lipinski definition) is 3. The number of fused-ring (bicyclic) bond motifs is 3. The molecular weight excluding hydrogens is 188 g/mol. The molecule has 0 saturated heterocycles. The summed E-state index contributed by atoms with van der Waals surface area (Å²) in [4.78, 5) is 0. The van der Waals surface area contributed by atoms with Crippen molar-refractivity contribution in [2.45, 2.75) is 6.42 Å². The summed E-state index contributed by atoms with van der Waals surface area (Å²) in [6.45, 7) is 0. The van der Waals surface area contributed by atoms with E-state index in [1.54, 1.807) is 12.4 Å². The molecule has 0 fully saturated rings. The molecule has 0 amide bonds. The largest absolute Gasteiger partial charge is 0.360 e. The lowest BCUT2D eigenvalue weighted by Gasteiger charge is -2.15. The fraction of sp³-hybridized carbons (Fsp3) is 0.0909. The second-order valence-corrected chi connectivity index (χ2v) is 3.53. The average molecular weight is 196 g/mol. The summed E-state index contributed by atoms with van der Waals surface area (Å²) in [6, 6.07) is 6.19. The summed E-state index contributed by atoms with van der Waals surface area (Å²) in [6.07, 6.45) is 4.21. The molecule has 0 unspecified atom stereocenters. The van der Waals surface area contributed by atoms with Gasteiger partial charge in [0.15, 0.2) is 0 Å². The van der Waals surface area contributed by atoms with Gasteiger partial charge in [0.1, 0.15) is 0 Å². The molecule has 2 aromatic rings. The maximum atomic E-state index is 8.86. The van der Waals surface area contributed by atoms with Crippen LogP contribution in [0, 0.1) is 11.3 Å². The molecular formula is C11H8N4. The van der Waals surface area contributed by atoms with Gasteiger partial charge in [0.2, 0.25) is 0 Å². The molecule has 0 bridgehead atoms. The number of allylic oxidation sites excluding steroid dienone is 1. The number of aromatic amines is 1. The lowest BCUT2D eigenvalue weighted by molar-refractivity contribution is 1.09. The van der Waals surface area contributed by atoms with E-state index in [4.69, 9.17) is 5.26 Å². The lowest BCUT2D eigenvalue weighted by Crippen LogP contribution is -2.05. The molecule has 0 saturated carbocycles. The molecule has 0 spiro atoms. The monoisotopic (exact) mass is 196 g/mol. The molecule has 1 aromatic heterocycles. The third-order valence-electron chi connectivity index (χ3n) is 2.64. The van der Waals surface area contributed by atoms with Gasteiger partial charge in [-0.05, 0) is 12.1 Å². The van der Waals surface area contributed by atoms with Gasteiger partial charge < -0.3 is 5.32 Å². The molecule has 1 aromatic carbocycles. The molecule has 0 radical (unpaired) electrons. The maximum absolute atomic E-state index is 8.86. The summed E-state index contributed by atoms with van der Waals surface area (Å²) in [5.41, 5.74) is 3.92. The van der Waals surface area contributed by atoms with Crippen molar-refractivity contribution in [1.82, 2.24) is 10.2 Å². The highest BCUT2D eigenvalue weighted by Gasteiger charge is 2.14. The third-order valence-corrected chi connectivity index (χ3v) is 2.64. The van der Waals surface area contributed by atoms with Crippen LogP contribution in [0.2, 0.25) is 0 Å². The first-order chi connectivity index (χ1) is 7.38. The highest BCUT2D eigenvalue weighted by molar-refractivity contribution is 5.87. The number of nitriles is 1. The Morgan fingerprint density at radius 1 is 1.40 bits per heavy atom. The summed E-state index contributed by atoms with van der Waals surface area (Å²) >= 11 is 0. The van der Waals surface area contributed by atoms with Crippen LogP contribution in [0.1, 0.15) is 5.56 Å². The fourth-order valence-electron chi connectivity index (χ4n) is 1.87. The third kappa shape index (κ3) is 1.10. The second kappa shape index (κ2) is 2.85. The Kier molecular flexibility index (Phi) is 1.53. The predicted octanol–water partition coefficient (Wildman–Crippen LogP) is 1.94. The Morgan fingerprint density at radius 2 is 2.33 bits per heavy atom. The molecule has 0 aliphatic carbocycles. The van der Waals surface area contributed by atoms with E-state index in [0.717, 1.165) is 27.7 Å². The minimum absolute atomic E-state index is 0.665. The van der Waals surface area contributed by atoms with E-state index >= 15 is 0 Å². The van der Waals surface area contributed by atoms with E-state index in [9.17, 15) is 0 Å². The van der Waals surface area contributed by atoms with Crippen molar-refractivity contribution in [3.05, 3.63) is 35.7 Å². The zero-order chi connectivity index (χ0) is 10.3. The number of anilines is 1. The summed E-state index contributed by atoms with van der Waals surface area (Å²) in [7, 11) is 0. The van der Waals surface area contributed by atoms with Gasteiger partial charge in [0.25, 0.3) is 0 Å². The van der Waals surface area contributed by atoms with Crippen molar-refractivity contribution in [2.75, 3.05) is 5.32 Å². The van der Waals surface area contributed by atoms with E-state index in [-0.39, 0.29) is 0 Å². The molecule has 1 aliphatic rings. The van der Waals surface area contributed by atoms with E-state index in [1.807, 2.05) is 12.1 Å². The molecule has 15 heavy (non-hydrogen) atoms. The van der Waals surface area contributed by atoms with Crippen molar-refractivity contribution in [3.63, 3.8) is 0 Å². The van der Waals surface area contributed by atoms with Crippen LogP contribution in [-0.4, -0.2) is 10.2 Å². The standard InChI is InChI=1S/C11H8N4/c12-4-7-3-9-10(13-5-7)2-1-8-6-14-15-11(8)9/h1-2,5-6,13H,3H2,(H,14,15). The van der Waals surface area contributed by atoms with Crippen LogP contribution >= 0.6 is 0 Å². The zero-order valence-corrected chi connectivity index (χ0v) is 7.91. The van der Waals surface area contributed by atoms with Gasteiger partial charge in [0, 0.05) is 29.3 Å². The number of H-pyrrole nitrogens is 1. The highest BCUT2D eigenvalue weighted by atomic mass is 15.1. The van der Waals surface area contributed by atoms with Gasteiger partial charge in [-0.2, -0.15) is 10.4 Å². The van der Waals surface area contributed by atoms with Gasteiger partial charge in [0.05, 0.1) is 23.4 Å². The van der Waals surface area contributed by atoms with E-state index in [1.165, 1.54) is 0 Å². The Hall–Kier alpha value is -2.28. The number of rotatable bonds is 0. The molecule has 2 heterocycles. The number of nitrogens with one attached hydrogen (secondary N) is 2. The van der Waals surface area contributed by atoms with Crippen LogP contribution in [0.5, 0.6) is 0 Å². The first kappa shape index (κ1) is 8.06. The molecule has 3 rings (SSSR count). The molecule has 4 nitrogen and oxygen atoms in total.